The van der Waals surface area contributed by atoms with Gasteiger partial charge < -0.3 is 29.4 Å². The fraction of sp³-hybridized carbons (Fsp3) is 0.360. The molecular weight excluding hydrogens is 471 g/mol. The Morgan fingerprint density at radius 3 is 2.92 bits per heavy atom. The van der Waals surface area contributed by atoms with Crippen LogP contribution in [-0.2, 0) is 16.1 Å². The highest BCUT2D eigenvalue weighted by atomic mass is 19.1. The number of morpholine rings is 1. The highest BCUT2D eigenvalue weighted by Crippen LogP contribution is 2.25. The lowest BCUT2D eigenvalue weighted by molar-refractivity contribution is -0.136. The van der Waals surface area contributed by atoms with E-state index < -0.39 is 17.3 Å². The first kappa shape index (κ1) is 25.1. The van der Waals surface area contributed by atoms with Gasteiger partial charge in [0.05, 0.1) is 31.9 Å². The zero-order valence-corrected chi connectivity index (χ0v) is 20.0. The molecule has 2 amide bonds. The minimum absolute atomic E-state index is 0.0368. The summed E-state index contributed by atoms with van der Waals surface area (Å²) in [5, 5.41) is 2.60. The number of aromatic amines is 1. The third-order valence-electron chi connectivity index (χ3n) is 5.85. The average molecular weight is 499 g/mol. The predicted molar refractivity (Wildman–Crippen MR) is 129 cm³/mol. The maximum Gasteiger partial charge on any atom is 0.287 e. The molecule has 36 heavy (non-hydrogen) atoms. The van der Waals surface area contributed by atoms with Crippen molar-refractivity contribution in [2.75, 3.05) is 33.4 Å². The predicted octanol–water partition coefficient (Wildman–Crippen LogP) is 2.02. The second-order valence-corrected chi connectivity index (χ2v) is 8.31. The topological polar surface area (TPSA) is 123 Å². The second kappa shape index (κ2) is 11.2. The van der Waals surface area contributed by atoms with Crippen molar-refractivity contribution < 1.29 is 28.2 Å². The van der Waals surface area contributed by atoms with E-state index in [9.17, 15) is 18.8 Å². The number of methoxy groups -OCH3 is 1. The summed E-state index contributed by atoms with van der Waals surface area (Å²) in [6, 6.07) is 9.64. The number of halogens is 1. The molecule has 1 fully saturated rings. The Morgan fingerprint density at radius 2 is 2.14 bits per heavy atom. The van der Waals surface area contributed by atoms with E-state index in [0.29, 0.717) is 31.9 Å². The molecule has 1 aliphatic heterocycles. The molecule has 1 saturated heterocycles. The maximum atomic E-state index is 14.6. The number of rotatable bonds is 8. The number of carbonyl (C=O) groups excluding carboxylic acids is 2. The van der Waals surface area contributed by atoms with Gasteiger partial charge in [-0.2, -0.15) is 0 Å². The first-order valence-corrected chi connectivity index (χ1v) is 11.5. The van der Waals surface area contributed by atoms with E-state index >= 15 is 0 Å². The number of amides is 2. The fourth-order valence-electron chi connectivity index (χ4n) is 3.95. The Hall–Kier alpha value is -3.99. The molecule has 10 nitrogen and oxygen atoms in total. The van der Waals surface area contributed by atoms with Crippen LogP contribution in [0.5, 0.6) is 11.5 Å². The first-order chi connectivity index (χ1) is 17.4. The van der Waals surface area contributed by atoms with Gasteiger partial charge in [0.2, 0.25) is 5.91 Å². The van der Waals surface area contributed by atoms with Crippen LogP contribution in [0.1, 0.15) is 29.5 Å². The minimum atomic E-state index is -0.722. The van der Waals surface area contributed by atoms with Crippen molar-refractivity contribution >= 4 is 22.7 Å². The molecule has 0 radical (unpaired) electrons. The summed E-state index contributed by atoms with van der Waals surface area (Å²) in [4.78, 5) is 45.3. The highest BCUT2D eigenvalue weighted by Gasteiger charge is 2.23. The van der Waals surface area contributed by atoms with Crippen LogP contribution in [0.15, 0.2) is 41.2 Å². The van der Waals surface area contributed by atoms with Crippen LogP contribution in [0.4, 0.5) is 4.39 Å². The first-order valence-electron chi connectivity index (χ1n) is 11.5. The van der Waals surface area contributed by atoms with E-state index in [1.54, 1.807) is 30.2 Å². The summed E-state index contributed by atoms with van der Waals surface area (Å²) in [5.74, 6) is -1.14. The molecule has 2 heterocycles. The molecule has 1 aliphatic rings. The molecule has 1 atom stereocenters. The van der Waals surface area contributed by atoms with E-state index in [1.807, 2.05) is 6.07 Å². The van der Waals surface area contributed by atoms with Crippen LogP contribution >= 0.6 is 0 Å². The van der Waals surface area contributed by atoms with Gasteiger partial charge in [0.25, 0.3) is 11.5 Å². The standard InChI is InChI=1S/C25H27FN4O6/c1-15(31)30-9-11-35-18(14-30)8-10-36-22-19(26)6-7-20-21(22)24(32)29-23(28-20)25(33)27-13-16-4-3-5-17(12-16)34-2/h3-7,12,18H,8-11,13-14H2,1-2H3,(H,27,33)(H,28,29,32). The van der Waals surface area contributed by atoms with E-state index in [4.69, 9.17) is 14.2 Å². The van der Waals surface area contributed by atoms with E-state index in [2.05, 4.69) is 15.3 Å². The number of aromatic nitrogens is 2. The van der Waals surface area contributed by atoms with Crippen LogP contribution in [-0.4, -0.2) is 66.2 Å². The fourth-order valence-corrected chi connectivity index (χ4v) is 3.95. The Kier molecular flexibility index (Phi) is 7.79. The van der Waals surface area contributed by atoms with Gasteiger partial charge in [-0.05, 0) is 29.8 Å². The van der Waals surface area contributed by atoms with Gasteiger partial charge in [0, 0.05) is 33.0 Å². The van der Waals surface area contributed by atoms with Crippen molar-refractivity contribution in [2.45, 2.75) is 26.0 Å². The Balaban J connectivity index is 1.46. The number of ether oxygens (including phenoxy) is 3. The number of hydrogen-bond donors (Lipinski definition) is 2. The molecule has 0 aliphatic carbocycles. The number of hydrogen-bond acceptors (Lipinski definition) is 7. The summed E-state index contributed by atoms with van der Waals surface area (Å²) >= 11 is 0. The Labute approximate surface area is 206 Å². The molecule has 3 aromatic rings. The number of benzene rings is 2. The van der Waals surface area contributed by atoms with Crippen molar-refractivity contribution in [3.05, 3.63) is 64.0 Å². The van der Waals surface area contributed by atoms with Gasteiger partial charge in [0.1, 0.15) is 11.1 Å². The number of nitrogens with one attached hydrogen (secondary N) is 2. The summed E-state index contributed by atoms with van der Waals surface area (Å²) in [5.41, 5.74) is 0.230. The normalized spacial score (nSPS) is 15.5. The van der Waals surface area contributed by atoms with Crippen LogP contribution < -0.4 is 20.3 Å². The van der Waals surface area contributed by atoms with Crippen LogP contribution in [0.25, 0.3) is 10.9 Å². The van der Waals surface area contributed by atoms with Crippen molar-refractivity contribution in [1.82, 2.24) is 20.2 Å². The molecule has 0 bridgehead atoms. The molecule has 2 N–H and O–H groups in total. The quantitative estimate of drug-likeness (QED) is 0.487. The van der Waals surface area contributed by atoms with Crippen molar-refractivity contribution in [3.63, 3.8) is 0 Å². The van der Waals surface area contributed by atoms with Gasteiger partial charge >= 0.3 is 0 Å². The largest absolute Gasteiger partial charge is 0.497 e. The van der Waals surface area contributed by atoms with Gasteiger partial charge in [-0.1, -0.05) is 12.1 Å². The summed E-state index contributed by atoms with van der Waals surface area (Å²) < 4.78 is 31.0. The Bertz CT molecular complexity index is 1330. The average Bonchev–Trinajstić information content (AvgIpc) is 2.88. The van der Waals surface area contributed by atoms with Gasteiger partial charge in [0.15, 0.2) is 17.4 Å². The lowest BCUT2D eigenvalue weighted by atomic mass is 10.2. The lowest BCUT2D eigenvalue weighted by Gasteiger charge is -2.32. The van der Waals surface area contributed by atoms with E-state index in [0.717, 1.165) is 11.6 Å². The SMILES string of the molecule is COc1cccc(CNC(=O)c2nc3ccc(F)c(OCCC4CN(C(C)=O)CCO4)c3c(=O)[nH]2)c1. The van der Waals surface area contributed by atoms with Crippen LogP contribution in [0.3, 0.4) is 0 Å². The Morgan fingerprint density at radius 1 is 1.31 bits per heavy atom. The third-order valence-corrected chi connectivity index (χ3v) is 5.85. The van der Waals surface area contributed by atoms with Crippen molar-refractivity contribution in [2.24, 2.45) is 0 Å². The number of fused-ring (bicyclic) bond motifs is 1. The summed E-state index contributed by atoms with van der Waals surface area (Å²) in [7, 11) is 1.55. The molecule has 11 heteroatoms. The second-order valence-electron chi connectivity index (χ2n) is 8.31. The monoisotopic (exact) mass is 498 g/mol. The van der Waals surface area contributed by atoms with Gasteiger partial charge in [-0.25, -0.2) is 9.37 Å². The molecule has 0 spiro atoms. The highest BCUT2D eigenvalue weighted by molar-refractivity contribution is 5.93. The summed E-state index contributed by atoms with van der Waals surface area (Å²) in [6.45, 7) is 3.12. The van der Waals surface area contributed by atoms with Gasteiger partial charge in [-0.15, -0.1) is 0 Å². The van der Waals surface area contributed by atoms with Gasteiger partial charge in [-0.3, -0.25) is 14.4 Å². The zero-order valence-electron chi connectivity index (χ0n) is 20.0. The molecule has 1 aromatic heterocycles. The zero-order chi connectivity index (χ0) is 25.7. The molecule has 4 rings (SSSR count). The van der Waals surface area contributed by atoms with E-state index in [1.165, 1.54) is 13.0 Å². The maximum absolute atomic E-state index is 14.6. The van der Waals surface area contributed by atoms with Crippen LogP contribution in [0.2, 0.25) is 0 Å². The molecule has 2 aromatic carbocycles. The number of nitrogens with zero attached hydrogens (tertiary/aromatic N) is 2. The third kappa shape index (κ3) is 5.80. The molecule has 1 unspecified atom stereocenters. The summed E-state index contributed by atoms with van der Waals surface area (Å²) in [6.07, 6.45) is 0.146. The molecular formula is C25H27FN4O6. The lowest BCUT2D eigenvalue weighted by Crippen LogP contribution is -2.45. The number of H-pyrrole nitrogens is 1. The van der Waals surface area contributed by atoms with Crippen molar-refractivity contribution in [1.29, 1.82) is 0 Å². The van der Waals surface area contributed by atoms with E-state index in [-0.39, 0.29) is 47.6 Å². The van der Waals surface area contributed by atoms with Crippen LogP contribution in [0, 0.1) is 5.82 Å². The molecule has 190 valence electrons. The number of carbonyl (C=O) groups is 2. The van der Waals surface area contributed by atoms with Crippen molar-refractivity contribution in [3.8, 4) is 11.5 Å². The minimum Gasteiger partial charge on any atom is -0.497 e. The smallest absolute Gasteiger partial charge is 0.287 e. The molecule has 0 saturated carbocycles.